The quantitative estimate of drug-likeness (QED) is 0.871. The van der Waals surface area contributed by atoms with Crippen molar-refractivity contribution in [3.8, 4) is 0 Å². The summed E-state index contributed by atoms with van der Waals surface area (Å²) in [6, 6.07) is 0.458. The van der Waals surface area contributed by atoms with Gasteiger partial charge in [-0.25, -0.2) is 0 Å². The standard InChI is InChI=1S/C17H32N4O/c1-5-21-12-15(10-18-21)11-19-7-8-20(14-17(2,3)4)16(13-19)6-9-22/h10,12,16,22H,5-9,11,13-14H2,1-4H3/t16-/m0/s1. The lowest BCUT2D eigenvalue weighted by molar-refractivity contribution is 0.0340. The molecular formula is C17H32N4O. The largest absolute Gasteiger partial charge is 0.396 e. The zero-order chi connectivity index (χ0) is 16.2. The fourth-order valence-corrected chi connectivity index (χ4v) is 3.26. The van der Waals surface area contributed by atoms with E-state index in [0.29, 0.717) is 11.5 Å². The molecule has 5 heteroatoms. The first kappa shape index (κ1) is 17.4. The van der Waals surface area contributed by atoms with Crippen molar-refractivity contribution in [2.24, 2.45) is 5.41 Å². The Morgan fingerprint density at radius 3 is 2.68 bits per heavy atom. The van der Waals surface area contributed by atoms with Crippen molar-refractivity contribution < 1.29 is 5.11 Å². The molecule has 5 nitrogen and oxygen atoms in total. The zero-order valence-corrected chi connectivity index (χ0v) is 14.6. The number of aromatic nitrogens is 2. The van der Waals surface area contributed by atoms with Crippen LogP contribution in [0.4, 0.5) is 0 Å². The second-order valence-corrected chi connectivity index (χ2v) is 7.64. The van der Waals surface area contributed by atoms with Gasteiger partial charge in [-0.3, -0.25) is 14.5 Å². The molecular weight excluding hydrogens is 276 g/mol. The van der Waals surface area contributed by atoms with Gasteiger partial charge in [-0.1, -0.05) is 20.8 Å². The van der Waals surface area contributed by atoms with Gasteiger partial charge in [-0.2, -0.15) is 5.10 Å². The minimum atomic E-state index is 0.271. The SMILES string of the molecule is CCn1cc(CN2CCN(CC(C)(C)C)[C@@H](CCO)C2)cn1. The van der Waals surface area contributed by atoms with Crippen molar-refractivity contribution in [1.82, 2.24) is 19.6 Å². The van der Waals surface area contributed by atoms with Gasteiger partial charge in [-0.15, -0.1) is 0 Å². The topological polar surface area (TPSA) is 44.5 Å². The lowest BCUT2D eigenvalue weighted by atomic mass is 9.94. The van der Waals surface area contributed by atoms with E-state index in [1.807, 2.05) is 10.9 Å². The summed E-state index contributed by atoms with van der Waals surface area (Å²) in [4.78, 5) is 5.05. The van der Waals surface area contributed by atoms with Crippen LogP contribution in [-0.4, -0.2) is 63.5 Å². The maximum atomic E-state index is 9.39. The molecule has 0 amide bonds. The van der Waals surface area contributed by atoms with Crippen LogP contribution in [-0.2, 0) is 13.1 Å². The minimum absolute atomic E-state index is 0.271. The van der Waals surface area contributed by atoms with Gasteiger partial charge in [0.25, 0.3) is 0 Å². The molecule has 0 bridgehead atoms. The van der Waals surface area contributed by atoms with Crippen molar-refractivity contribution in [2.45, 2.75) is 53.2 Å². The first-order valence-corrected chi connectivity index (χ1v) is 8.50. The lowest BCUT2D eigenvalue weighted by Gasteiger charge is -2.43. The van der Waals surface area contributed by atoms with Crippen LogP contribution in [0.3, 0.4) is 0 Å². The van der Waals surface area contributed by atoms with Gasteiger partial charge >= 0.3 is 0 Å². The van der Waals surface area contributed by atoms with Crippen molar-refractivity contribution in [1.29, 1.82) is 0 Å². The van der Waals surface area contributed by atoms with Crippen LogP contribution in [0, 0.1) is 5.41 Å². The van der Waals surface area contributed by atoms with E-state index in [4.69, 9.17) is 0 Å². The van der Waals surface area contributed by atoms with Crippen LogP contribution >= 0.6 is 0 Å². The summed E-state index contributed by atoms with van der Waals surface area (Å²) in [5, 5.41) is 13.7. The molecule has 1 aromatic heterocycles. The third-order valence-corrected chi connectivity index (χ3v) is 4.25. The van der Waals surface area contributed by atoms with E-state index in [0.717, 1.165) is 45.7 Å². The number of hydrogen-bond donors (Lipinski definition) is 1. The highest BCUT2D eigenvalue weighted by molar-refractivity contribution is 5.04. The maximum Gasteiger partial charge on any atom is 0.0534 e. The third-order valence-electron chi connectivity index (χ3n) is 4.25. The number of hydrogen-bond acceptors (Lipinski definition) is 4. The Morgan fingerprint density at radius 2 is 2.09 bits per heavy atom. The summed E-state index contributed by atoms with van der Waals surface area (Å²) in [6.07, 6.45) is 4.98. The molecule has 1 saturated heterocycles. The summed E-state index contributed by atoms with van der Waals surface area (Å²) in [5.74, 6) is 0. The molecule has 0 spiro atoms. The van der Waals surface area contributed by atoms with Gasteiger partial charge in [-0.05, 0) is 18.8 Å². The Morgan fingerprint density at radius 1 is 1.32 bits per heavy atom. The van der Waals surface area contributed by atoms with Gasteiger partial charge in [0, 0.05) is 63.7 Å². The molecule has 0 aliphatic carbocycles. The van der Waals surface area contributed by atoms with E-state index in [2.05, 4.69) is 48.8 Å². The molecule has 1 aliphatic heterocycles. The van der Waals surface area contributed by atoms with E-state index >= 15 is 0 Å². The monoisotopic (exact) mass is 308 g/mol. The molecule has 1 atom stereocenters. The molecule has 1 N–H and O–H groups in total. The van der Waals surface area contributed by atoms with E-state index in [1.54, 1.807) is 0 Å². The Balaban J connectivity index is 1.93. The molecule has 1 fully saturated rings. The van der Waals surface area contributed by atoms with Crippen molar-refractivity contribution in [3.63, 3.8) is 0 Å². The number of aliphatic hydroxyl groups is 1. The van der Waals surface area contributed by atoms with Crippen molar-refractivity contribution >= 4 is 0 Å². The number of aliphatic hydroxyl groups excluding tert-OH is 1. The van der Waals surface area contributed by atoms with Crippen LogP contribution in [0.5, 0.6) is 0 Å². The summed E-state index contributed by atoms with van der Waals surface area (Å²) in [6.45, 7) is 15.4. The Kier molecular flexibility index (Phi) is 6.01. The molecule has 1 aliphatic rings. The number of nitrogens with zero attached hydrogens (tertiary/aromatic N) is 4. The van der Waals surface area contributed by atoms with E-state index in [-0.39, 0.29) is 6.61 Å². The average molecular weight is 308 g/mol. The summed E-state index contributed by atoms with van der Waals surface area (Å²) >= 11 is 0. The minimum Gasteiger partial charge on any atom is -0.396 e. The zero-order valence-electron chi connectivity index (χ0n) is 14.6. The summed E-state index contributed by atoms with van der Waals surface area (Å²) in [7, 11) is 0. The van der Waals surface area contributed by atoms with Gasteiger partial charge < -0.3 is 5.11 Å². The first-order chi connectivity index (χ1) is 10.4. The van der Waals surface area contributed by atoms with Crippen LogP contribution in [0.25, 0.3) is 0 Å². The second-order valence-electron chi connectivity index (χ2n) is 7.64. The molecule has 2 heterocycles. The third kappa shape index (κ3) is 5.07. The Bertz CT molecular complexity index is 452. The molecule has 0 radical (unpaired) electrons. The van der Waals surface area contributed by atoms with Crippen LogP contribution in [0.1, 0.15) is 39.7 Å². The molecule has 22 heavy (non-hydrogen) atoms. The average Bonchev–Trinajstić information content (AvgIpc) is 2.88. The van der Waals surface area contributed by atoms with Gasteiger partial charge in [0.2, 0.25) is 0 Å². The fourth-order valence-electron chi connectivity index (χ4n) is 3.26. The fraction of sp³-hybridized carbons (Fsp3) is 0.824. The van der Waals surface area contributed by atoms with E-state index < -0.39 is 0 Å². The van der Waals surface area contributed by atoms with Crippen LogP contribution in [0.2, 0.25) is 0 Å². The van der Waals surface area contributed by atoms with E-state index in [9.17, 15) is 5.11 Å². The lowest BCUT2D eigenvalue weighted by Crippen LogP contribution is -2.54. The predicted molar refractivity (Wildman–Crippen MR) is 89.7 cm³/mol. The maximum absolute atomic E-state index is 9.39. The van der Waals surface area contributed by atoms with Crippen LogP contribution in [0.15, 0.2) is 12.4 Å². The number of aryl methyl sites for hydroxylation is 1. The smallest absolute Gasteiger partial charge is 0.0534 e. The molecule has 126 valence electrons. The normalized spacial score (nSPS) is 21.4. The first-order valence-electron chi connectivity index (χ1n) is 8.50. The van der Waals surface area contributed by atoms with Crippen molar-refractivity contribution in [3.05, 3.63) is 18.0 Å². The summed E-state index contributed by atoms with van der Waals surface area (Å²) in [5.41, 5.74) is 1.59. The molecule has 0 saturated carbocycles. The molecule has 2 rings (SSSR count). The van der Waals surface area contributed by atoms with Gasteiger partial charge in [0.1, 0.15) is 0 Å². The number of rotatable bonds is 6. The number of piperazine rings is 1. The molecule has 0 aromatic carbocycles. The molecule has 1 aromatic rings. The Labute approximate surface area is 134 Å². The second kappa shape index (κ2) is 7.57. The van der Waals surface area contributed by atoms with Gasteiger partial charge in [0.05, 0.1) is 6.20 Å². The van der Waals surface area contributed by atoms with Gasteiger partial charge in [0.15, 0.2) is 0 Å². The highest BCUT2D eigenvalue weighted by Gasteiger charge is 2.29. The van der Waals surface area contributed by atoms with Crippen LogP contribution < -0.4 is 0 Å². The van der Waals surface area contributed by atoms with Crippen molar-refractivity contribution in [2.75, 3.05) is 32.8 Å². The highest BCUT2D eigenvalue weighted by atomic mass is 16.3. The highest BCUT2D eigenvalue weighted by Crippen LogP contribution is 2.22. The Hall–Kier alpha value is -0.910. The van der Waals surface area contributed by atoms with E-state index in [1.165, 1.54) is 5.56 Å². The predicted octanol–water partition coefficient (Wildman–Crippen LogP) is 1.82. The summed E-state index contributed by atoms with van der Waals surface area (Å²) < 4.78 is 1.98. The molecule has 0 unspecified atom stereocenters.